The summed E-state index contributed by atoms with van der Waals surface area (Å²) in [6.45, 7) is 6.54. The van der Waals surface area contributed by atoms with Crippen LogP contribution in [0.15, 0.2) is 27.5 Å². The molecule has 1 aromatic heterocycles. The summed E-state index contributed by atoms with van der Waals surface area (Å²) < 4.78 is 7.81. The summed E-state index contributed by atoms with van der Waals surface area (Å²) in [7, 11) is 1.72. The number of nitrogens with zero attached hydrogens (tertiary/aromatic N) is 3. The van der Waals surface area contributed by atoms with Gasteiger partial charge in [0.05, 0.1) is 16.8 Å². The zero-order valence-electron chi connectivity index (χ0n) is 14.2. The molecular weight excluding hydrogens is 374 g/mol. The molecule has 1 aliphatic rings. The summed E-state index contributed by atoms with van der Waals surface area (Å²) >= 11 is 3.41. The van der Waals surface area contributed by atoms with Crippen molar-refractivity contribution >= 4 is 32.9 Å². The van der Waals surface area contributed by atoms with Crippen LogP contribution in [0.2, 0.25) is 0 Å². The van der Waals surface area contributed by atoms with Crippen molar-refractivity contribution in [1.29, 1.82) is 0 Å². The van der Waals surface area contributed by atoms with E-state index in [1.807, 2.05) is 32.9 Å². The number of amides is 1. The van der Waals surface area contributed by atoms with Crippen molar-refractivity contribution in [1.82, 2.24) is 14.5 Å². The third-order valence-corrected chi connectivity index (χ3v) is 4.47. The Morgan fingerprint density at radius 3 is 2.62 bits per heavy atom. The molecule has 0 atom stereocenters. The maximum absolute atomic E-state index is 12.5. The Bertz CT molecular complexity index is 864. The van der Waals surface area contributed by atoms with Crippen molar-refractivity contribution in [2.45, 2.75) is 32.3 Å². The third kappa shape index (κ3) is 3.17. The number of ether oxygens (including phenoxy) is 1. The Morgan fingerprint density at radius 1 is 1.33 bits per heavy atom. The molecule has 0 spiro atoms. The van der Waals surface area contributed by atoms with E-state index in [0.29, 0.717) is 29.8 Å². The van der Waals surface area contributed by atoms with Crippen LogP contribution in [0.5, 0.6) is 0 Å². The van der Waals surface area contributed by atoms with Gasteiger partial charge in [-0.3, -0.25) is 9.36 Å². The summed E-state index contributed by atoms with van der Waals surface area (Å²) in [5, 5.41) is 0.591. The molecule has 1 aromatic carbocycles. The fraction of sp³-hybridized carbons (Fsp3) is 0.471. The van der Waals surface area contributed by atoms with Gasteiger partial charge in [-0.15, -0.1) is 0 Å². The minimum Gasteiger partial charge on any atom is -0.444 e. The molecule has 0 aliphatic carbocycles. The van der Waals surface area contributed by atoms with Crippen LogP contribution in [0.3, 0.4) is 0 Å². The van der Waals surface area contributed by atoms with Gasteiger partial charge in [0, 0.05) is 24.6 Å². The predicted octanol–water partition coefficient (Wildman–Crippen LogP) is 3.03. The first-order valence-corrected chi connectivity index (χ1v) is 8.59. The second-order valence-corrected chi connectivity index (χ2v) is 7.99. The van der Waals surface area contributed by atoms with Crippen LogP contribution in [-0.2, 0) is 11.8 Å². The predicted molar refractivity (Wildman–Crippen MR) is 95.2 cm³/mol. The van der Waals surface area contributed by atoms with E-state index in [-0.39, 0.29) is 17.6 Å². The molecule has 0 saturated carbocycles. The maximum atomic E-state index is 12.5. The van der Waals surface area contributed by atoms with E-state index >= 15 is 0 Å². The number of benzene rings is 1. The molecule has 24 heavy (non-hydrogen) atoms. The summed E-state index contributed by atoms with van der Waals surface area (Å²) in [4.78, 5) is 30.8. The lowest BCUT2D eigenvalue weighted by Crippen LogP contribution is -2.51. The topological polar surface area (TPSA) is 64.4 Å². The van der Waals surface area contributed by atoms with E-state index < -0.39 is 5.60 Å². The van der Waals surface area contributed by atoms with Gasteiger partial charge in [-0.25, -0.2) is 9.78 Å². The fourth-order valence-electron chi connectivity index (χ4n) is 2.74. The van der Waals surface area contributed by atoms with Gasteiger partial charge in [0.25, 0.3) is 5.56 Å². The first-order valence-electron chi connectivity index (χ1n) is 7.80. The number of hydrogen-bond donors (Lipinski definition) is 0. The van der Waals surface area contributed by atoms with Gasteiger partial charge in [-0.1, -0.05) is 15.9 Å². The zero-order chi connectivity index (χ0) is 17.6. The second-order valence-electron chi connectivity index (χ2n) is 7.08. The van der Waals surface area contributed by atoms with E-state index in [1.54, 1.807) is 22.6 Å². The maximum Gasteiger partial charge on any atom is 0.410 e. The Morgan fingerprint density at radius 2 is 2.00 bits per heavy atom. The molecule has 7 heteroatoms. The molecular formula is C17H20BrN3O3. The summed E-state index contributed by atoms with van der Waals surface area (Å²) in [5.74, 6) is 0.740. The van der Waals surface area contributed by atoms with Crippen LogP contribution >= 0.6 is 15.9 Å². The Labute approximate surface area is 148 Å². The molecule has 1 saturated heterocycles. The molecule has 1 aliphatic heterocycles. The van der Waals surface area contributed by atoms with E-state index in [2.05, 4.69) is 20.9 Å². The lowest BCUT2D eigenvalue weighted by Gasteiger charge is -2.39. The van der Waals surface area contributed by atoms with Gasteiger partial charge >= 0.3 is 6.09 Å². The largest absolute Gasteiger partial charge is 0.444 e. The number of hydrogen-bond acceptors (Lipinski definition) is 4. The summed E-state index contributed by atoms with van der Waals surface area (Å²) in [5.41, 5.74) is 0.0825. The van der Waals surface area contributed by atoms with E-state index in [9.17, 15) is 9.59 Å². The van der Waals surface area contributed by atoms with Crippen LogP contribution in [0, 0.1) is 0 Å². The van der Waals surface area contributed by atoms with E-state index in [0.717, 1.165) is 4.47 Å². The number of carbonyl (C=O) groups excluding carboxylic acids is 1. The molecule has 6 nitrogen and oxygen atoms in total. The number of rotatable bonds is 1. The van der Waals surface area contributed by atoms with Crippen molar-refractivity contribution in [3.63, 3.8) is 0 Å². The number of halogens is 1. The van der Waals surface area contributed by atoms with Crippen LogP contribution in [-0.4, -0.2) is 39.2 Å². The monoisotopic (exact) mass is 393 g/mol. The minimum absolute atomic E-state index is 0.0404. The minimum atomic E-state index is -0.511. The highest BCUT2D eigenvalue weighted by molar-refractivity contribution is 9.10. The molecule has 0 radical (unpaired) electrons. The van der Waals surface area contributed by atoms with Gasteiger partial charge in [-0.05, 0) is 39.0 Å². The highest BCUT2D eigenvalue weighted by atomic mass is 79.9. The molecule has 3 rings (SSSR count). The quantitative estimate of drug-likeness (QED) is 0.746. The second kappa shape index (κ2) is 5.88. The van der Waals surface area contributed by atoms with E-state index in [1.165, 1.54) is 0 Å². The smallest absolute Gasteiger partial charge is 0.410 e. The first-order chi connectivity index (χ1) is 11.2. The number of fused-ring (bicyclic) bond motifs is 1. The number of aromatic nitrogens is 2. The third-order valence-electron chi connectivity index (χ3n) is 3.97. The highest BCUT2D eigenvalue weighted by Gasteiger charge is 2.36. The molecule has 0 unspecified atom stereocenters. The van der Waals surface area contributed by atoms with Gasteiger partial charge in [0.15, 0.2) is 0 Å². The number of carbonyl (C=O) groups is 1. The Hall–Kier alpha value is -1.89. The molecule has 128 valence electrons. The molecule has 2 aromatic rings. The number of likely N-dealkylation sites (tertiary alicyclic amines) is 1. The van der Waals surface area contributed by atoms with Crippen molar-refractivity contribution in [3.8, 4) is 0 Å². The SMILES string of the molecule is Cn1c(C2CN(C(=O)OC(C)(C)C)C2)nc2cc(Br)ccc2c1=O. The van der Waals surface area contributed by atoms with E-state index in [4.69, 9.17) is 4.74 Å². The molecule has 0 N–H and O–H groups in total. The van der Waals surface area contributed by atoms with Gasteiger partial charge < -0.3 is 9.64 Å². The van der Waals surface area contributed by atoms with Crippen molar-refractivity contribution in [2.24, 2.45) is 7.05 Å². The van der Waals surface area contributed by atoms with Crippen LogP contribution in [0.25, 0.3) is 10.9 Å². The van der Waals surface area contributed by atoms with Crippen molar-refractivity contribution in [2.75, 3.05) is 13.1 Å². The zero-order valence-corrected chi connectivity index (χ0v) is 15.8. The standard InChI is InChI=1S/C17H20BrN3O3/c1-17(2,3)24-16(23)21-8-10(9-21)14-19-13-7-11(18)5-6-12(13)15(22)20(14)4/h5-7,10H,8-9H2,1-4H3. The van der Waals surface area contributed by atoms with Crippen molar-refractivity contribution < 1.29 is 9.53 Å². The van der Waals surface area contributed by atoms with Gasteiger partial charge in [0.1, 0.15) is 11.4 Å². The highest BCUT2D eigenvalue weighted by Crippen LogP contribution is 2.27. The molecule has 0 bridgehead atoms. The first kappa shape index (κ1) is 17.0. The molecule has 1 fully saturated rings. The van der Waals surface area contributed by atoms with Gasteiger partial charge in [0.2, 0.25) is 0 Å². The van der Waals surface area contributed by atoms with Gasteiger partial charge in [-0.2, -0.15) is 0 Å². The van der Waals surface area contributed by atoms with Crippen LogP contribution in [0.4, 0.5) is 4.79 Å². The van der Waals surface area contributed by atoms with Crippen molar-refractivity contribution in [3.05, 3.63) is 38.9 Å². The normalized spacial score (nSPS) is 15.5. The Balaban J connectivity index is 1.83. The average Bonchev–Trinajstić information content (AvgIpc) is 2.40. The van der Waals surface area contributed by atoms with Crippen LogP contribution in [0.1, 0.15) is 32.5 Å². The Kier molecular flexibility index (Phi) is 4.15. The molecule has 1 amide bonds. The summed E-state index contributed by atoms with van der Waals surface area (Å²) in [6, 6.07) is 5.44. The molecule has 2 heterocycles. The lowest BCUT2D eigenvalue weighted by atomic mass is 9.99. The summed E-state index contributed by atoms with van der Waals surface area (Å²) in [6.07, 6.45) is -0.327. The lowest BCUT2D eigenvalue weighted by molar-refractivity contribution is 0.00722. The fourth-order valence-corrected chi connectivity index (χ4v) is 3.09. The van der Waals surface area contributed by atoms with Crippen LogP contribution < -0.4 is 5.56 Å². The average molecular weight is 394 g/mol.